The Hall–Kier alpha value is -1.79. The Balaban J connectivity index is 2.57. The average Bonchev–Trinajstić information content (AvgIpc) is 2.28. The minimum absolute atomic E-state index is 0.00531. The van der Waals surface area contributed by atoms with Gasteiger partial charge in [0.2, 0.25) is 5.91 Å². The SMILES string of the molecule is C#CCNCC(=O)NC(C)c1ccc(C)cc1C. The van der Waals surface area contributed by atoms with E-state index in [4.69, 9.17) is 6.42 Å². The van der Waals surface area contributed by atoms with Gasteiger partial charge in [-0.3, -0.25) is 10.1 Å². The molecule has 0 aliphatic carbocycles. The van der Waals surface area contributed by atoms with Crippen molar-refractivity contribution < 1.29 is 4.79 Å². The maximum Gasteiger partial charge on any atom is 0.234 e. The van der Waals surface area contributed by atoms with Gasteiger partial charge in [0.15, 0.2) is 0 Å². The van der Waals surface area contributed by atoms with Crippen molar-refractivity contribution in [3.63, 3.8) is 0 Å². The van der Waals surface area contributed by atoms with Gasteiger partial charge in [-0.15, -0.1) is 6.42 Å². The zero-order chi connectivity index (χ0) is 13.5. The highest BCUT2D eigenvalue weighted by Crippen LogP contribution is 2.18. The van der Waals surface area contributed by atoms with Crippen LogP contribution in [-0.4, -0.2) is 19.0 Å². The molecule has 0 bridgehead atoms. The number of amides is 1. The predicted octanol–water partition coefficient (Wildman–Crippen LogP) is 1.70. The predicted molar refractivity (Wildman–Crippen MR) is 74.2 cm³/mol. The molecule has 3 nitrogen and oxygen atoms in total. The van der Waals surface area contributed by atoms with E-state index in [1.165, 1.54) is 11.1 Å². The number of aryl methyl sites for hydroxylation is 2. The Morgan fingerprint density at radius 3 is 2.78 bits per heavy atom. The third-order valence-electron chi connectivity index (χ3n) is 2.78. The summed E-state index contributed by atoms with van der Waals surface area (Å²) in [5.74, 6) is 2.39. The van der Waals surface area contributed by atoms with Crippen LogP contribution >= 0.6 is 0 Å². The number of hydrogen-bond donors (Lipinski definition) is 2. The Morgan fingerprint density at radius 2 is 2.17 bits per heavy atom. The Bertz CT molecular complexity index is 460. The summed E-state index contributed by atoms with van der Waals surface area (Å²) in [6.45, 7) is 6.76. The molecule has 0 saturated heterocycles. The van der Waals surface area contributed by atoms with Gasteiger partial charge in [-0.2, -0.15) is 0 Å². The molecule has 1 unspecified atom stereocenters. The lowest BCUT2D eigenvalue weighted by atomic mass is 10.0. The van der Waals surface area contributed by atoms with Gasteiger partial charge in [0.25, 0.3) is 0 Å². The van der Waals surface area contributed by atoms with Gasteiger partial charge < -0.3 is 5.32 Å². The topological polar surface area (TPSA) is 41.1 Å². The number of rotatable bonds is 5. The van der Waals surface area contributed by atoms with Gasteiger partial charge in [0, 0.05) is 0 Å². The highest BCUT2D eigenvalue weighted by atomic mass is 16.1. The third-order valence-corrected chi connectivity index (χ3v) is 2.78. The van der Waals surface area contributed by atoms with E-state index in [1.54, 1.807) is 0 Å². The van der Waals surface area contributed by atoms with Crippen LogP contribution in [0.3, 0.4) is 0 Å². The number of nitrogens with one attached hydrogen (secondary N) is 2. The maximum atomic E-state index is 11.6. The van der Waals surface area contributed by atoms with E-state index < -0.39 is 0 Å². The standard InChI is InChI=1S/C15H20N2O/c1-5-8-16-10-15(18)17-13(4)14-7-6-11(2)9-12(14)3/h1,6-7,9,13,16H,8,10H2,2-4H3,(H,17,18). The molecule has 0 heterocycles. The number of terminal acetylenes is 1. The van der Waals surface area contributed by atoms with Gasteiger partial charge >= 0.3 is 0 Å². The van der Waals surface area contributed by atoms with Crippen LogP contribution in [-0.2, 0) is 4.79 Å². The smallest absolute Gasteiger partial charge is 0.234 e. The lowest BCUT2D eigenvalue weighted by molar-refractivity contribution is -0.120. The van der Waals surface area contributed by atoms with Crippen LogP contribution in [0.4, 0.5) is 0 Å². The van der Waals surface area contributed by atoms with Crippen LogP contribution in [0.1, 0.15) is 29.7 Å². The number of hydrogen-bond acceptors (Lipinski definition) is 2. The second-order valence-electron chi connectivity index (χ2n) is 4.46. The summed E-state index contributed by atoms with van der Waals surface area (Å²) in [5, 5.41) is 5.81. The molecule has 18 heavy (non-hydrogen) atoms. The summed E-state index contributed by atoms with van der Waals surface area (Å²) in [6, 6.07) is 6.24. The van der Waals surface area contributed by atoms with Crippen molar-refractivity contribution in [2.24, 2.45) is 0 Å². The van der Waals surface area contributed by atoms with E-state index in [0.29, 0.717) is 6.54 Å². The zero-order valence-electron chi connectivity index (χ0n) is 11.2. The Morgan fingerprint density at radius 1 is 1.44 bits per heavy atom. The molecule has 1 aromatic rings. The van der Waals surface area contributed by atoms with E-state index in [1.807, 2.05) is 6.92 Å². The molecule has 1 amide bonds. The third kappa shape index (κ3) is 4.23. The van der Waals surface area contributed by atoms with Crippen LogP contribution in [0, 0.1) is 26.2 Å². The number of carbonyl (C=O) groups is 1. The summed E-state index contributed by atoms with van der Waals surface area (Å²) < 4.78 is 0. The molecule has 96 valence electrons. The summed E-state index contributed by atoms with van der Waals surface area (Å²) in [4.78, 5) is 11.6. The molecule has 0 radical (unpaired) electrons. The maximum absolute atomic E-state index is 11.6. The van der Waals surface area contributed by atoms with Crippen molar-refractivity contribution in [3.8, 4) is 12.3 Å². The van der Waals surface area contributed by atoms with E-state index in [9.17, 15) is 4.79 Å². The van der Waals surface area contributed by atoms with E-state index in [2.05, 4.69) is 48.6 Å². The first kappa shape index (κ1) is 14.3. The van der Waals surface area contributed by atoms with Crippen LogP contribution in [0.25, 0.3) is 0 Å². The minimum atomic E-state index is -0.0438. The van der Waals surface area contributed by atoms with Gasteiger partial charge in [0.05, 0.1) is 19.1 Å². The molecule has 1 rings (SSSR count). The number of carbonyl (C=O) groups excluding carboxylic acids is 1. The Labute approximate surface area is 109 Å². The second kappa shape index (κ2) is 6.83. The molecule has 0 fully saturated rings. The lowest BCUT2D eigenvalue weighted by Gasteiger charge is -2.17. The van der Waals surface area contributed by atoms with Crippen LogP contribution in [0.5, 0.6) is 0 Å². The molecule has 2 N–H and O–H groups in total. The molecule has 0 aromatic heterocycles. The van der Waals surface area contributed by atoms with Crippen molar-refractivity contribution in [2.45, 2.75) is 26.8 Å². The van der Waals surface area contributed by atoms with Crippen molar-refractivity contribution in [3.05, 3.63) is 34.9 Å². The molecular formula is C15H20N2O. The molecule has 1 atom stereocenters. The van der Waals surface area contributed by atoms with Crippen molar-refractivity contribution in [1.29, 1.82) is 0 Å². The van der Waals surface area contributed by atoms with Crippen LogP contribution in [0.2, 0.25) is 0 Å². The summed E-state index contributed by atoms with van der Waals surface area (Å²) in [5.41, 5.74) is 3.57. The summed E-state index contributed by atoms with van der Waals surface area (Å²) >= 11 is 0. The van der Waals surface area contributed by atoms with Crippen LogP contribution < -0.4 is 10.6 Å². The molecule has 0 spiro atoms. The quantitative estimate of drug-likeness (QED) is 0.611. The van der Waals surface area contributed by atoms with Gasteiger partial charge in [-0.25, -0.2) is 0 Å². The summed E-state index contributed by atoms with van der Waals surface area (Å²) in [7, 11) is 0. The summed E-state index contributed by atoms with van der Waals surface area (Å²) in [6.07, 6.45) is 5.10. The first-order valence-electron chi connectivity index (χ1n) is 6.05. The fraction of sp³-hybridized carbons (Fsp3) is 0.400. The van der Waals surface area contributed by atoms with E-state index in [-0.39, 0.29) is 18.5 Å². The fourth-order valence-corrected chi connectivity index (χ4v) is 1.93. The van der Waals surface area contributed by atoms with Gasteiger partial charge in [-0.1, -0.05) is 29.7 Å². The normalized spacial score (nSPS) is 11.7. The largest absolute Gasteiger partial charge is 0.348 e. The monoisotopic (exact) mass is 244 g/mol. The highest BCUT2D eigenvalue weighted by Gasteiger charge is 2.11. The number of benzene rings is 1. The molecule has 3 heteroatoms. The van der Waals surface area contributed by atoms with E-state index in [0.717, 1.165) is 5.56 Å². The van der Waals surface area contributed by atoms with Crippen molar-refractivity contribution in [2.75, 3.05) is 13.1 Å². The van der Waals surface area contributed by atoms with Crippen LogP contribution in [0.15, 0.2) is 18.2 Å². The van der Waals surface area contributed by atoms with Crippen molar-refractivity contribution >= 4 is 5.91 Å². The zero-order valence-corrected chi connectivity index (χ0v) is 11.2. The average molecular weight is 244 g/mol. The van der Waals surface area contributed by atoms with Gasteiger partial charge in [0.1, 0.15) is 0 Å². The van der Waals surface area contributed by atoms with E-state index >= 15 is 0 Å². The fourth-order valence-electron chi connectivity index (χ4n) is 1.93. The molecule has 0 aliphatic rings. The molecular weight excluding hydrogens is 224 g/mol. The molecule has 1 aromatic carbocycles. The highest BCUT2D eigenvalue weighted by molar-refractivity contribution is 5.78. The lowest BCUT2D eigenvalue weighted by Crippen LogP contribution is -2.35. The Kier molecular flexibility index (Phi) is 5.41. The van der Waals surface area contributed by atoms with Gasteiger partial charge in [-0.05, 0) is 31.9 Å². The first-order valence-corrected chi connectivity index (χ1v) is 6.05. The molecule has 0 aliphatic heterocycles. The second-order valence-corrected chi connectivity index (χ2v) is 4.46. The molecule has 0 saturated carbocycles. The van der Waals surface area contributed by atoms with Crippen molar-refractivity contribution in [1.82, 2.24) is 10.6 Å². The minimum Gasteiger partial charge on any atom is -0.348 e. The first-order chi connectivity index (χ1) is 8.54.